The predicted octanol–water partition coefficient (Wildman–Crippen LogP) is 1.49. The highest BCUT2D eigenvalue weighted by atomic mass is 16.2. The molecule has 0 N–H and O–H groups in total. The van der Waals surface area contributed by atoms with Crippen LogP contribution in [0.3, 0.4) is 0 Å². The highest BCUT2D eigenvalue weighted by Gasteiger charge is 2.25. The van der Waals surface area contributed by atoms with Crippen LogP contribution in [0.15, 0.2) is 72.8 Å². The lowest BCUT2D eigenvalue weighted by atomic mass is 10.3. The SMILES string of the molecule is O=C(Cn1n[n+](CC(=O)n2nnc3ccccc32)c2ccccc21)n1nnc2ccccc21. The van der Waals surface area contributed by atoms with Gasteiger partial charge in [0.2, 0.25) is 0 Å². The minimum atomic E-state index is -0.294. The van der Waals surface area contributed by atoms with Crippen LogP contribution in [0, 0.1) is 0 Å². The number of aromatic nitrogens is 9. The Morgan fingerprint density at radius 3 is 1.91 bits per heavy atom. The molecule has 0 aliphatic carbocycles. The molecular formula is C22H16N9O2+. The number of hydrogen-bond donors (Lipinski definition) is 0. The van der Waals surface area contributed by atoms with Gasteiger partial charge in [0, 0.05) is 0 Å². The van der Waals surface area contributed by atoms with Crippen LogP contribution in [0.5, 0.6) is 0 Å². The fraction of sp³-hybridized carbons (Fsp3) is 0.0909. The standard InChI is InChI=1S/C22H16N9O2/c32-21(30-17-9-3-1-7-15(17)23-25-30)13-28-19-11-5-6-12-20(19)29(27-28)14-22(33)31-18-10-4-2-8-16(18)24-26-31/h1-12H,13-14H2/q+1. The number of fused-ring (bicyclic) bond motifs is 3. The van der Waals surface area contributed by atoms with Crippen molar-refractivity contribution >= 4 is 44.9 Å². The monoisotopic (exact) mass is 438 g/mol. The van der Waals surface area contributed by atoms with Crippen LogP contribution in [0.1, 0.15) is 9.59 Å². The summed E-state index contributed by atoms with van der Waals surface area (Å²) >= 11 is 0. The Morgan fingerprint density at radius 2 is 1.24 bits per heavy atom. The van der Waals surface area contributed by atoms with Crippen molar-refractivity contribution in [1.82, 2.24) is 39.9 Å². The fourth-order valence-electron chi connectivity index (χ4n) is 3.86. The molecule has 0 amide bonds. The van der Waals surface area contributed by atoms with Gasteiger partial charge in [-0.15, -0.1) is 19.6 Å². The Morgan fingerprint density at radius 1 is 0.697 bits per heavy atom. The molecule has 3 aromatic carbocycles. The van der Waals surface area contributed by atoms with E-state index in [1.807, 2.05) is 48.5 Å². The van der Waals surface area contributed by atoms with Gasteiger partial charge in [-0.05, 0) is 36.4 Å². The van der Waals surface area contributed by atoms with Gasteiger partial charge in [0.15, 0.2) is 24.1 Å². The van der Waals surface area contributed by atoms with Crippen LogP contribution in [-0.2, 0) is 13.1 Å². The summed E-state index contributed by atoms with van der Waals surface area (Å²) in [5.41, 5.74) is 3.95. The van der Waals surface area contributed by atoms with Crippen LogP contribution < -0.4 is 4.68 Å². The summed E-state index contributed by atoms with van der Waals surface area (Å²) in [5, 5.41) is 20.6. The lowest BCUT2D eigenvalue weighted by Crippen LogP contribution is -2.43. The molecule has 11 nitrogen and oxygen atoms in total. The second-order valence-corrected chi connectivity index (χ2v) is 7.46. The first-order valence-electron chi connectivity index (χ1n) is 10.2. The Labute approximate surface area is 185 Å². The molecule has 0 bridgehead atoms. The molecule has 0 atom stereocenters. The number of benzene rings is 3. The number of rotatable bonds is 4. The van der Waals surface area contributed by atoms with Crippen molar-refractivity contribution in [2.75, 3.05) is 0 Å². The molecule has 160 valence electrons. The summed E-state index contributed by atoms with van der Waals surface area (Å²) in [6.45, 7) is -0.136. The van der Waals surface area contributed by atoms with Crippen molar-refractivity contribution in [2.24, 2.45) is 0 Å². The third-order valence-electron chi connectivity index (χ3n) is 5.40. The van der Waals surface area contributed by atoms with Gasteiger partial charge in [-0.3, -0.25) is 9.59 Å². The summed E-state index contributed by atoms with van der Waals surface area (Å²) in [6, 6.07) is 21.9. The van der Waals surface area contributed by atoms with Gasteiger partial charge in [-0.2, -0.15) is 9.36 Å². The van der Waals surface area contributed by atoms with Gasteiger partial charge in [-0.25, -0.2) is 0 Å². The molecule has 0 unspecified atom stereocenters. The van der Waals surface area contributed by atoms with Gasteiger partial charge >= 0.3 is 0 Å². The maximum absolute atomic E-state index is 13.0. The van der Waals surface area contributed by atoms with Crippen molar-refractivity contribution in [3.05, 3.63) is 72.8 Å². The van der Waals surface area contributed by atoms with E-state index in [-0.39, 0.29) is 24.9 Å². The Balaban J connectivity index is 1.34. The first kappa shape index (κ1) is 18.9. The smallest absolute Gasteiger partial charge is 0.268 e. The summed E-state index contributed by atoms with van der Waals surface area (Å²) < 4.78 is 5.65. The zero-order valence-electron chi connectivity index (χ0n) is 17.2. The van der Waals surface area contributed by atoms with E-state index < -0.39 is 0 Å². The molecule has 0 fully saturated rings. The number of nitrogens with zero attached hydrogens (tertiary/aromatic N) is 9. The molecule has 33 heavy (non-hydrogen) atoms. The van der Waals surface area contributed by atoms with Gasteiger partial charge in [0.05, 0.1) is 16.2 Å². The van der Waals surface area contributed by atoms with Crippen molar-refractivity contribution < 1.29 is 14.3 Å². The zero-order valence-corrected chi connectivity index (χ0v) is 17.2. The van der Waals surface area contributed by atoms with Gasteiger partial charge < -0.3 is 0 Å². The van der Waals surface area contributed by atoms with E-state index in [1.54, 1.807) is 33.6 Å². The molecule has 3 heterocycles. The van der Waals surface area contributed by atoms with Crippen LogP contribution in [-0.4, -0.2) is 51.7 Å². The van der Waals surface area contributed by atoms with Crippen LogP contribution >= 0.6 is 0 Å². The summed E-state index contributed by atoms with van der Waals surface area (Å²) in [6.07, 6.45) is 0. The van der Waals surface area contributed by atoms with Gasteiger partial charge in [-0.1, -0.05) is 46.8 Å². The van der Waals surface area contributed by atoms with E-state index in [0.29, 0.717) is 33.1 Å². The first-order valence-corrected chi connectivity index (χ1v) is 10.2. The maximum Gasteiger partial charge on any atom is 0.293 e. The van der Waals surface area contributed by atoms with E-state index in [1.165, 1.54) is 9.36 Å². The zero-order chi connectivity index (χ0) is 22.4. The molecule has 0 aliphatic rings. The Bertz CT molecular complexity index is 1560. The third kappa shape index (κ3) is 3.14. The number of para-hydroxylation sites is 4. The second kappa shape index (κ2) is 7.41. The topological polar surface area (TPSA) is 117 Å². The van der Waals surface area contributed by atoms with E-state index in [9.17, 15) is 9.59 Å². The van der Waals surface area contributed by atoms with E-state index in [0.717, 1.165) is 0 Å². The minimum Gasteiger partial charge on any atom is -0.268 e. The van der Waals surface area contributed by atoms with E-state index in [2.05, 4.69) is 25.8 Å². The molecule has 0 radical (unpaired) electrons. The fourth-order valence-corrected chi connectivity index (χ4v) is 3.86. The first-order chi connectivity index (χ1) is 16.2. The van der Waals surface area contributed by atoms with Crippen molar-refractivity contribution in [2.45, 2.75) is 13.1 Å². The number of hydrogen-bond acceptors (Lipinski definition) is 7. The summed E-state index contributed by atoms with van der Waals surface area (Å²) in [7, 11) is 0. The number of carbonyl (C=O) groups is 2. The minimum absolute atomic E-state index is 0.0681. The van der Waals surface area contributed by atoms with Crippen molar-refractivity contribution in [3.63, 3.8) is 0 Å². The largest absolute Gasteiger partial charge is 0.293 e. The summed E-state index contributed by atoms with van der Waals surface area (Å²) in [5.74, 6) is -0.588. The van der Waals surface area contributed by atoms with E-state index >= 15 is 0 Å². The van der Waals surface area contributed by atoms with Crippen LogP contribution in [0.25, 0.3) is 33.1 Å². The molecule has 11 heteroatoms. The highest BCUT2D eigenvalue weighted by molar-refractivity contribution is 5.90. The van der Waals surface area contributed by atoms with Crippen LogP contribution in [0.2, 0.25) is 0 Å². The quantitative estimate of drug-likeness (QED) is 0.383. The van der Waals surface area contributed by atoms with Crippen molar-refractivity contribution in [3.8, 4) is 0 Å². The molecular weight excluding hydrogens is 422 g/mol. The maximum atomic E-state index is 13.0. The average molecular weight is 438 g/mol. The van der Waals surface area contributed by atoms with E-state index in [4.69, 9.17) is 0 Å². The van der Waals surface area contributed by atoms with Crippen molar-refractivity contribution in [1.29, 1.82) is 0 Å². The van der Waals surface area contributed by atoms with Gasteiger partial charge in [0.1, 0.15) is 11.0 Å². The second-order valence-electron chi connectivity index (χ2n) is 7.46. The lowest BCUT2D eigenvalue weighted by Gasteiger charge is -1.98. The normalized spacial score (nSPS) is 11.5. The lowest BCUT2D eigenvalue weighted by molar-refractivity contribution is -0.720. The van der Waals surface area contributed by atoms with Crippen LogP contribution in [0.4, 0.5) is 0 Å². The summed E-state index contributed by atoms with van der Waals surface area (Å²) in [4.78, 5) is 26.0. The molecule has 6 aromatic rings. The molecule has 6 rings (SSSR count). The van der Waals surface area contributed by atoms with Gasteiger partial charge in [0.25, 0.3) is 11.8 Å². The molecule has 0 spiro atoms. The highest BCUT2D eigenvalue weighted by Crippen LogP contribution is 2.13. The predicted molar refractivity (Wildman–Crippen MR) is 116 cm³/mol. The molecule has 0 aliphatic heterocycles. The average Bonchev–Trinajstić information content (AvgIpc) is 3.55. The molecule has 0 saturated carbocycles. The molecule has 3 aromatic heterocycles. The Hall–Kier alpha value is -4.80. The molecule has 0 saturated heterocycles. The Kier molecular flexibility index (Phi) is 4.25. The number of carbonyl (C=O) groups excluding carboxylic acids is 2. The third-order valence-corrected chi connectivity index (χ3v) is 5.40.